The van der Waals surface area contributed by atoms with Gasteiger partial charge in [0.05, 0.1) is 11.5 Å². The van der Waals surface area contributed by atoms with Gasteiger partial charge in [-0.2, -0.15) is 0 Å². The highest BCUT2D eigenvalue weighted by molar-refractivity contribution is 7.18. The highest BCUT2D eigenvalue weighted by Gasteiger charge is 2.27. The number of nitro groups is 1. The Morgan fingerprint density at radius 3 is 3.00 bits per heavy atom. The van der Waals surface area contributed by atoms with E-state index in [0.29, 0.717) is 18.3 Å². The van der Waals surface area contributed by atoms with Crippen molar-refractivity contribution in [3.05, 3.63) is 16.3 Å². The van der Waals surface area contributed by atoms with E-state index in [9.17, 15) is 14.9 Å². The third-order valence-corrected chi connectivity index (χ3v) is 2.62. The van der Waals surface area contributed by atoms with Gasteiger partial charge in [0.25, 0.3) is 0 Å². The van der Waals surface area contributed by atoms with E-state index >= 15 is 0 Å². The molecule has 1 aliphatic heterocycles. The highest BCUT2D eigenvalue weighted by Crippen LogP contribution is 2.29. The van der Waals surface area contributed by atoms with E-state index in [1.807, 2.05) is 0 Å². The number of aromatic nitrogens is 1. The van der Waals surface area contributed by atoms with Gasteiger partial charge in [0.1, 0.15) is 12.8 Å². The summed E-state index contributed by atoms with van der Waals surface area (Å²) in [6.07, 6.45) is 0.625. The van der Waals surface area contributed by atoms with Gasteiger partial charge in [0.2, 0.25) is 5.13 Å². The quantitative estimate of drug-likeness (QED) is 0.542. The molecule has 0 unspecified atom stereocenters. The minimum Gasteiger partial charge on any atom is -0.447 e. The number of anilines is 1. The number of carbonyl (C=O) groups excluding carboxylic acids is 1. The van der Waals surface area contributed by atoms with Crippen molar-refractivity contribution >= 4 is 27.6 Å². The predicted molar refractivity (Wildman–Crippen MR) is 47.5 cm³/mol. The lowest BCUT2D eigenvalue weighted by Crippen LogP contribution is -2.22. The molecule has 1 aliphatic rings. The summed E-state index contributed by atoms with van der Waals surface area (Å²) >= 11 is 0.857. The van der Waals surface area contributed by atoms with Gasteiger partial charge >= 0.3 is 11.1 Å². The molecule has 0 N–H and O–H groups in total. The molecule has 2 rings (SSSR count). The molecule has 0 bridgehead atoms. The number of amides is 1. The molecular formula is C6H5N3O4S. The number of carbonyl (C=O) groups is 1. The Bertz CT molecular complexity index is 390. The predicted octanol–water partition coefficient (Wildman–Crippen LogP) is 1.01. The van der Waals surface area contributed by atoms with Crippen molar-refractivity contribution in [2.75, 3.05) is 18.1 Å². The molecule has 1 aromatic heterocycles. The van der Waals surface area contributed by atoms with Crippen molar-refractivity contribution in [1.82, 2.24) is 4.98 Å². The Morgan fingerprint density at radius 2 is 2.50 bits per heavy atom. The number of hydrogen-bond donors (Lipinski definition) is 0. The standard InChI is InChI=1S/C6H5N3O4S/c10-6-8(1-2-13-6)5-7-3-4(14-5)9(11)12/h3H,1-2H2. The van der Waals surface area contributed by atoms with Crippen molar-refractivity contribution in [3.8, 4) is 0 Å². The van der Waals surface area contributed by atoms with Crippen LogP contribution in [0, 0.1) is 10.1 Å². The number of nitrogens with zero attached hydrogens (tertiary/aromatic N) is 3. The van der Waals surface area contributed by atoms with Gasteiger partial charge in [-0.25, -0.2) is 14.7 Å². The summed E-state index contributed by atoms with van der Waals surface area (Å²) in [5.74, 6) is 0. The lowest BCUT2D eigenvalue weighted by molar-refractivity contribution is -0.380. The second-order valence-electron chi connectivity index (χ2n) is 2.50. The molecule has 0 saturated carbocycles. The summed E-state index contributed by atoms with van der Waals surface area (Å²) in [4.78, 5) is 25.9. The van der Waals surface area contributed by atoms with Crippen LogP contribution in [-0.4, -0.2) is 29.2 Å². The molecule has 0 spiro atoms. The first-order valence-electron chi connectivity index (χ1n) is 3.73. The number of thiazole rings is 1. The Kier molecular flexibility index (Phi) is 2.04. The zero-order valence-corrected chi connectivity index (χ0v) is 7.69. The highest BCUT2D eigenvalue weighted by atomic mass is 32.1. The first kappa shape index (κ1) is 8.88. The van der Waals surface area contributed by atoms with E-state index in [1.165, 1.54) is 4.90 Å². The van der Waals surface area contributed by atoms with E-state index in [0.717, 1.165) is 17.5 Å². The van der Waals surface area contributed by atoms with Crippen LogP contribution in [0.1, 0.15) is 0 Å². The molecule has 1 saturated heterocycles. The van der Waals surface area contributed by atoms with Crippen molar-refractivity contribution < 1.29 is 14.5 Å². The third-order valence-electron chi connectivity index (χ3n) is 1.65. The first-order chi connectivity index (χ1) is 6.68. The normalized spacial score (nSPS) is 15.7. The molecule has 14 heavy (non-hydrogen) atoms. The van der Waals surface area contributed by atoms with Crippen LogP contribution in [0.5, 0.6) is 0 Å². The summed E-state index contributed by atoms with van der Waals surface area (Å²) in [5.41, 5.74) is 0. The van der Waals surface area contributed by atoms with Gasteiger partial charge < -0.3 is 4.74 Å². The molecule has 0 radical (unpaired) electrons. The molecule has 0 aromatic carbocycles. The van der Waals surface area contributed by atoms with Crippen molar-refractivity contribution in [2.24, 2.45) is 0 Å². The minimum absolute atomic E-state index is 0.0836. The topological polar surface area (TPSA) is 85.6 Å². The molecule has 0 atom stereocenters. The maximum atomic E-state index is 11.1. The third kappa shape index (κ3) is 1.39. The molecule has 1 aromatic rings. The fourth-order valence-corrected chi connectivity index (χ4v) is 1.78. The number of ether oxygens (including phenoxy) is 1. The van der Waals surface area contributed by atoms with Crippen molar-refractivity contribution in [3.63, 3.8) is 0 Å². The maximum Gasteiger partial charge on any atom is 0.416 e. The average molecular weight is 215 g/mol. The molecule has 8 heteroatoms. The molecule has 74 valence electrons. The lowest BCUT2D eigenvalue weighted by Gasteiger charge is -2.05. The van der Waals surface area contributed by atoms with Crippen LogP contribution in [0.2, 0.25) is 0 Å². The number of rotatable bonds is 2. The van der Waals surface area contributed by atoms with Crippen LogP contribution in [0.4, 0.5) is 14.9 Å². The Morgan fingerprint density at radius 1 is 1.71 bits per heavy atom. The molecule has 2 heterocycles. The maximum absolute atomic E-state index is 11.1. The van der Waals surface area contributed by atoms with Crippen molar-refractivity contribution in [1.29, 1.82) is 0 Å². The summed E-state index contributed by atoms with van der Waals surface area (Å²) in [7, 11) is 0. The SMILES string of the molecule is O=C1OCCN1c1ncc([N+](=O)[O-])s1. The van der Waals surface area contributed by atoms with E-state index in [-0.39, 0.29) is 5.00 Å². The van der Waals surface area contributed by atoms with Crippen LogP contribution in [-0.2, 0) is 4.74 Å². The zero-order chi connectivity index (χ0) is 10.1. The fourth-order valence-electron chi connectivity index (χ4n) is 1.03. The largest absolute Gasteiger partial charge is 0.447 e. The Balaban J connectivity index is 2.24. The smallest absolute Gasteiger partial charge is 0.416 e. The zero-order valence-electron chi connectivity index (χ0n) is 6.87. The Labute approximate surface area is 82.1 Å². The number of hydrogen-bond acceptors (Lipinski definition) is 6. The van der Waals surface area contributed by atoms with E-state index in [2.05, 4.69) is 9.72 Å². The molecule has 1 fully saturated rings. The van der Waals surface area contributed by atoms with Crippen LogP contribution in [0.3, 0.4) is 0 Å². The molecular weight excluding hydrogens is 210 g/mol. The summed E-state index contributed by atoms with van der Waals surface area (Å²) in [6, 6.07) is 0. The van der Waals surface area contributed by atoms with Gasteiger partial charge in [-0.15, -0.1) is 0 Å². The van der Waals surface area contributed by atoms with Gasteiger partial charge in [-0.3, -0.25) is 10.1 Å². The van der Waals surface area contributed by atoms with E-state index < -0.39 is 11.0 Å². The monoisotopic (exact) mass is 215 g/mol. The minimum atomic E-state index is -0.539. The summed E-state index contributed by atoms with van der Waals surface area (Å²) < 4.78 is 4.67. The average Bonchev–Trinajstić information content (AvgIpc) is 2.71. The number of cyclic esters (lactones) is 1. The van der Waals surface area contributed by atoms with Gasteiger partial charge in [0, 0.05) is 0 Å². The van der Waals surface area contributed by atoms with E-state index in [1.54, 1.807) is 0 Å². The molecule has 7 nitrogen and oxygen atoms in total. The van der Waals surface area contributed by atoms with Gasteiger partial charge in [-0.05, 0) is 11.3 Å². The lowest BCUT2D eigenvalue weighted by atomic mass is 10.6. The van der Waals surface area contributed by atoms with Crippen LogP contribution in [0.25, 0.3) is 0 Å². The Hall–Kier alpha value is -1.70. The van der Waals surface area contributed by atoms with Gasteiger partial charge in [0.15, 0.2) is 0 Å². The van der Waals surface area contributed by atoms with Crippen LogP contribution < -0.4 is 4.90 Å². The fraction of sp³-hybridized carbons (Fsp3) is 0.333. The summed E-state index contributed by atoms with van der Waals surface area (Å²) in [5, 5.41) is 10.6. The van der Waals surface area contributed by atoms with Crippen LogP contribution >= 0.6 is 11.3 Å². The second kappa shape index (κ2) is 3.22. The van der Waals surface area contributed by atoms with Gasteiger partial charge in [-0.1, -0.05) is 0 Å². The van der Waals surface area contributed by atoms with Crippen LogP contribution in [0.15, 0.2) is 6.20 Å². The first-order valence-corrected chi connectivity index (χ1v) is 4.54. The molecule has 1 amide bonds. The van der Waals surface area contributed by atoms with E-state index in [4.69, 9.17) is 0 Å². The van der Waals surface area contributed by atoms with Crippen molar-refractivity contribution in [2.45, 2.75) is 0 Å². The second-order valence-corrected chi connectivity index (χ2v) is 3.49. The summed E-state index contributed by atoms with van der Waals surface area (Å²) in [6.45, 7) is 0.690. The molecule has 0 aliphatic carbocycles.